The summed E-state index contributed by atoms with van der Waals surface area (Å²) in [4.78, 5) is 15.6. The van der Waals surface area contributed by atoms with Crippen LogP contribution in [0.2, 0.25) is 0 Å². The van der Waals surface area contributed by atoms with Gasteiger partial charge < -0.3 is 10.6 Å². The minimum atomic E-state index is 0.159. The number of hydrogen-bond acceptors (Lipinski definition) is 3. The minimum Gasteiger partial charge on any atom is -0.398 e. The third kappa shape index (κ3) is 4.91. The Morgan fingerprint density at radius 2 is 1.89 bits per heavy atom. The number of nitrogen functional groups attached to an aromatic ring is 1. The number of amides is 1. The molecule has 106 valence electrons. The van der Waals surface area contributed by atoms with E-state index in [1.165, 1.54) is 0 Å². The molecule has 0 heterocycles. The first kappa shape index (κ1) is 15.5. The molecule has 2 N–H and O–H groups in total. The molecule has 4 heteroatoms. The summed E-state index contributed by atoms with van der Waals surface area (Å²) >= 11 is 0. The number of anilines is 1. The molecule has 1 amide bonds. The summed E-state index contributed by atoms with van der Waals surface area (Å²) in [5, 5.41) is 0. The molecule has 0 saturated carbocycles. The van der Waals surface area contributed by atoms with Crippen molar-refractivity contribution in [2.45, 2.75) is 32.9 Å². The van der Waals surface area contributed by atoms with E-state index in [0.29, 0.717) is 12.5 Å². The molecule has 0 bridgehead atoms. The largest absolute Gasteiger partial charge is 0.398 e. The van der Waals surface area contributed by atoms with Gasteiger partial charge in [0.1, 0.15) is 0 Å². The Kier molecular flexibility index (Phi) is 5.83. The van der Waals surface area contributed by atoms with E-state index < -0.39 is 0 Å². The molecule has 1 aromatic rings. The van der Waals surface area contributed by atoms with Gasteiger partial charge in [-0.15, -0.1) is 0 Å². The van der Waals surface area contributed by atoms with E-state index in [-0.39, 0.29) is 5.91 Å². The zero-order valence-corrected chi connectivity index (χ0v) is 12.4. The van der Waals surface area contributed by atoms with Gasteiger partial charge in [-0.2, -0.15) is 0 Å². The fourth-order valence-corrected chi connectivity index (χ4v) is 1.88. The second-order valence-electron chi connectivity index (χ2n) is 5.30. The standard InChI is InChI=1S/C15H25N3O/c1-12(2)18(10-9-15(19)17(3)4)11-13-7-5-6-8-14(13)16/h5-8,12H,9-11,16H2,1-4H3. The predicted molar refractivity (Wildman–Crippen MR) is 79.7 cm³/mol. The lowest BCUT2D eigenvalue weighted by Crippen LogP contribution is -2.34. The molecule has 4 nitrogen and oxygen atoms in total. The number of carbonyl (C=O) groups excluding carboxylic acids is 1. The lowest BCUT2D eigenvalue weighted by Gasteiger charge is -2.27. The summed E-state index contributed by atoms with van der Waals surface area (Å²) < 4.78 is 0. The van der Waals surface area contributed by atoms with E-state index in [4.69, 9.17) is 5.73 Å². The Balaban J connectivity index is 2.64. The topological polar surface area (TPSA) is 49.6 Å². The molecule has 19 heavy (non-hydrogen) atoms. The highest BCUT2D eigenvalue weighted by molar-refractivity contribution is 5.75. The summed E-state index contributed by atoms with van der Waals surface area (Å²) in [6.45, 7) is 5.81. The molecule has 0 aromatic heterocycles. The van der Waals surface area contributed by atoms with Crippen molar-refractivity contribution in [3.05, 3.63) is 29.8 Å². The molecule has 0 aliphatic rings. The van der Waals surface area contributed by atoms with Crippen LogP contribution in [-0.2, 0) is 11.3 Å². The van der Waals surface area contributed by atoms with Gasteiger partial charge in [-0.1, -0.05) is 18.2 Å². The van der Waals surface area contributed by atoms with E-state index in [1.807, 2.05) is 24.3 Å². The summed E-state index contributed by atoms with van der Waals surface area (Å²) in [7, 11) is 3.58. The lowest BCUT2D eigenvalue weighted by atomic mass is 10.1. The van der Waals surface area contributed by atoms with Crippen LogP contribution in [0.3, 0.4) is 0 Å². The normalized spacial score (nSPS) is 11.1. The van der Waals surface area contributed by atoms with Crippen molar-refractivity contribution >= 4 is 11.6 Å². The van der Waals surface area contributed by atoms with Crippen molar-refractivity contribution in [1.29, 1.82) is 0 Å². The number of carbonyl (C=O) groups is 1. The first-order valence-corrected chi connectivity index (χ1v) is 6.69. The molecule has 1 rings (SSSR count). The van der Waals surface area contributed by atoms with Gasteiger partial charge in [0.15, 0.2) is 0 Å². The Hall–Kier alpha value is -1.55. The van der Waals surface area contributed by atoms with E-state index in [0.717, 1.165) is 24.3 Å². The molecular formula is C15H25N3O. The van der Waals surface area contributed by atoms with Crippen LogP contribution in [-0.4, -0.2) is 42.4 Å². The number of hydrogen-bond donors (Lipinski definition) is 1. The maximum atomic E-state index is 11.7. The smallest absolute Gasteiger partial charge is 0.223 e. The fraction of sp³-hybridized carbons (Fsp3) is 0.533. The molecule has 0 saturated heterocycles. The zero-order chi connectivity index (χ0) is 14.4. The summed E-state index contributed by atoms with van der Waals surface area (Å²) in [5.74, 6) is 0.159. The van der Waals surface area contributed by atoms with Crippen LogP contribution in [0, 0.1) is 0 Å². The summed E-state index contributed by atoms with van der Waals surface area (Å²) in [6.07, 6.45) is 0.540. The quantitative estimate of drug-likeness (QED) is 0.798. The highest BCUT2D eigenvalue weighted by Crippen LogP contribution is 2.15. The Bertz CT molecular complexity index is 416. The Morgan fingerprint density at radius 1 is 1.26 bits per heavy atom. The van der Waals surface area contributed by atoms with Crippen LogP contribution < -0.4 is 5.73 Å². The van der Waals surface area contributed by atoms with E-state index in [1.54, 1.807) is 19.0 Å². The SMILES string of the molecule is CC(C)N(CCC(=O)N(C)C)Cc1ccccc1N. The van der Waals surface area contributed by atoms with Gasteiger partial charge in [-0.3, -0.25) is 9.69 Å². The minimum absolute atomic E-state index is 0.159. The average molecular weight is 263 g/mol. The van der Waals surface area contributed by atoms with Gasteiger partial charge in [0.25, 0.3) is 0 Å². The molecule has 1 aromatic carbocycles. The second kappa shape index (κ2) is 7.14. The third-order valence-corrected chi connectivity index (χ3v) is 3.27. The summed E-state index contributed by atoms with van der Waals surface area (Å²) in [5.41, 5.74) is 7.90. The van der Waals surface area contributed by atoms with Crippen molar-refractivity contribution in [1.82, 2.24) is 9.80 Å². The highest BCUT2D eigenvalue weighted by Gasteiger charge is 2.14. The van der Waals surface area contributed by atoms with Crippen LogP contribution in [0.5, 0.6) is 0 Å². The van der Waals surface area contributed by atoms with Crippen molar-refractivity contribution in [2.24, 2.45) is 0 Å². The second-order valence-corrected chi connectivity index (χ2v) is 5.30. The van der Waals surface area contributed by atoms with Crippen LogP contribution in [0.25, 0.3) is 0 Å². The number of para-hydroxylation sites is 1. The molecule has 0 radical (unpaired) electrons. The van der Waals surface area contributed by atoms with Crippen molar-refractivity contribution in [3.8, 4) is 0 Å². The van der Waals surface area contributed by atoms with Gasteiger partial charge >= 0.3 is 0 Å². The van der Waals surface area contributed by atoms with Crippen molar-refractivity contribution in [2.75, 3.05) is 26.4 Å². The van der Waals surface area contributed by atoms with Crippen LogP contribution in [0.1, 0.15) is 25.8 Å². The number of nitrogens with zero attached hydrogens (tertiary/aromatic N) is 2. The average Bonchev–Trinajstić information content (AvgIpc) is 2.35. The molecule has 0 aliphatic heterocycles. The van der Waals surface area contributed by atoms with E-state index in [9.17, 15) is 4.79 Å². The highest BCUT2D eigenvalue weighted by atomic mass is 16.2. The van der Waals surface area contributed by atoms with E-state index in [2.05, 4.69) is 18.7 Å². The van der Waals surface area contributed by atoms with Gasteiger partial charge in [0.2, 0.25) is 5.91 Å². The van der Waals surface area contributed by atoms with Crippen LogP contribution >= 0.6 is 0 Å². The van der Waals surface area contributed by atoms with Gasteiger partial charge in [0.05, 0.1) is 0 Å². The van der Waals surface area contributed by atoms with E-state index >= 15 is 0 Å². The number of nitrogens with two attached hydrogens (primary N) is 1. The van der Waals surface area contributed by atoms with Crippen LogP contribution in [0.4, 0.5) is 5.69 Å². The maximum Gasteiger partial charge on any atom is 0.223 e. The summed E-state index contributed by atoms with van der Waals surface area (Å²) in [6, 6.07) is 8.27. The fourth-order valence-electron chi connectivity index (χ4n) is 1.88. The Labute approximate surface area is 116 Å². The van der Waals surface area contributed by atoms with Crippen molar-refractivity contribution < 1.29 is 4.79 Å². The first-order valence-electron chi connectivity index (χ1n) is 6.69. The molecule has 0 aliphatic carbocycles. The molecular weight excluding hydrogens is 238 g/mol. The molecule has 0 fully saturated rings. The first-order chi connectivity index (χ1) is 8.91. The van der Waals surface area contributed by atoms with Gasteiger partial charge in [-0.05, 0) is 25.5 Å². The molecule has 0 atom stereocenters. The lowest BCUT2D eigenvalue weighted by molar-refractivity contribution is -0.129. The third-order valence-electron chi connectivity index (χ3n) is 3.27. The molecule has 0 unspecified atom stereocenters. The predicted octanol–water partition coefficient (Wildman–Crippen LogP) is 1.96. The van der Waals surface area contributed by atoms with Gasteiger partial charge in [-0.25, -0.2) is 0 Å². The number of rotatable bonds is 6. The maximum absolute atomic E-state index is 11.7. The van der Waals surface area contributed by atoms with Crippen molar-refractivity contribution in [3.63, 3.8) is 0 Å². The Morgan fingerprint density at radius 3 is 2.42 bits per heavy atom. The zero-order valence-electron chi connectivity index (χ0n) is 12.4. The molecule has 0 spiro atoms. The number of benzene rings is 1. The monoisotopic (exact) mass is 263 g/mol. The van der Waals surface area contributed by atoms with Crippen LogP contribution in [0.15, 0.2) is 24.3 Å². The van der Waals surface area contributed by atoms with Gasteiger partial charge in [0, 0.05) is 45.3 Å².